The molecule has 2 saturated heterocycles. The highest BCUT2D eigenvalue weighted by atomic mass is 16.5. The summed E-state index contributed by atoms with van der Waals surface area (Å²) in [7, 11) is 0. The van der Waals surface area contributed by atoms with E-state index in [1.807, 2.05) is 35.2 Å². The van der Waals surface area contributed by atoms with Crippen LogP contribution in [0.5, 0.6) is 0 Å². The first-order valence-electron chi connectivity index (χ1n) is 8.22. The van der Waals surface area contributed by atoms with Crippen molar-refractivity contribution in [3.63, 3.8) is 0 Å². The first-order chi connectivity index (χ1) is 10.8. The molecule has 2 atom stereocenters. The van der Waals surface area contributed by atoms with Crippen LogP contribution in [0.2, 0.25) is 0 Å². The van der Waals surface area contributed by atoms with Crippen LogP contribution < -0.4 is 0 Å². The number of hydrogen-bond donors (Lipinski definition) is 0. The van der Waals surface area contributed by atoms with E-state index in [4.69, 9.17) is 4.74 Å². The van der Waals surface area contributed by atoms with E-state index in [2.05, 4.69) is 0 Å². The monoisotopic (exact) mass is 301 g/mol. The Kier molecular flexibility index (Phi) is 4.88. The van der Waals surface area contributed by atoms with Gasteiger partial charge in [0.1, 0.15) is 0 Å². The normalized spacial score (nSPS) is 25.2. The summed E-state index contributed by atoms with van der Waals surface area (Å²) in [6.07, 6.45) is 4.22. The number of carbonyl (C=O) groups is 2. The molecule has 2 heterocycles. The minimum Gasteiger partial charge on any atom is -0.381 e. The number of amides is 1. The molecule has 22 heavy (non-hydrogen) atoms. The molecule has 1 aromatic carbocycles. The van der Waals surface area contributed by atoms with Crippen LogP contribution in [0.3, 0.4) is 0 Å². The molecule has 0 aliphatic carbocycles. The summed E-state index contributed by atoms with van der Waals surface area (Å²) in [6, 6.07) is 9.42. The predicted octanol–water partition coefficient (Wildman–Crippen LogP) is 2.68. The number of Topliss-reactive ketones (excluding diaryl/α,β-unsaturated/α-hetero) is 1. The van der Waals surface area contributed by atoms with Crippen LogP contribution in [0.4, 0.5) is 0 Å². The Morgan fingerprint density at radius 2 is 1.95 bits per heavy atom. The molecule has 0 aromatic heterocycles. The molecule has 0 N–H and O–H groups in total. The lowest BCUT2D eigenvalue weighted by Gasteiger charge is -2.30. The summed E-state index contributed by atoms with van der Waals surface area (Å²) in [6.45, 7) is 2.08. The first-order valence-corrected chi connectivity index (χ1v) is 8.22. The highest BCUT2D eigenvalue weighted by Gasteiger charge is 2.34. The predicted molar refractivity (Wildman–Crippen MR) is 83.7 cm³/mol. The van der Waals surface area contributed by atoms with Gasteiger partial charge in [0.05, 0.1) is 12.5 Å². The highest BCUT2D eigenvalue weighted by Crippen LogP contribution is 2.26. The second-order valence-corrected chi connectivity index (χ2v) is 6.24. The summed E-state index contributed by atoms with van der Waals surface area (Å²) in [5.41, 5.74) is 0.739. The molecule has 118 valence electrons. The van der Waals surface area contributed by atoms with Gasteiger partial charge in [0, 0.05) is 31.2 Å². The van der Waals surface area contributed by atoms with Crippen molar-refractivity contribution in [2.24, 2.45) is 5.92 Å². The second kappa shape index (κ2) is 7.05. The van der Waals surface area contributed by atoms with E-state index in [0.717, 1.165) is 44.4 Å². The van der Waals surface area contributed by atoms with Gasteiger partial charge in [-0.3, -0.25) is 9.59 Å². The molecule has 0 saturated carbocycles. The fraction of sp³-hybridized carbons (Fsp3) is 0.556. The smallest absolute Gasteiger partial charge is 0.228 e. The van der Waals surface area contributed by atoms with Gasteiger partial charge < -0.3 is 9.64 Å². The molecule has 2 unspecified atom stereocenters. The Morgan fingerprint density at radius 1 is 1.14 bits per heavy atom. The van der Waals surface area contributed by atoms with Gasteiger partial charge in [0.2, 0.25) is 5.91 Å². The third-order valence-electron chi connectivity index (χ3n) is 4.69. The number of nitrogens with zero attached hydrogens (tertiary/aromatic N) is 1. The van der Waals surface area contributed by atoms with Crippen molar-refractivity contribution in [3.8, 4) is 0 Å². The number of rotatable bonds is 4. The number of ketones is 1. The highest BCUT2D eigenvalue weighted by molar-refractivity contribution is 5.96. The average Bonchev–Trinajstić information content (AvgIpc) is 3.04. The number of ether oxygens (including phenoxy) is 1. The molecule has 0 radical (unpaired) electrons. The zero-order chi connectivity index (χ0) is 15.4. The fourth-order valence-electron chi connectivity index (χ4n) is 3.46. The van der Waals surface area contributed by atoms with Crippen LogP contribution >= 0.6 is 0 Å². The third kappa shape index (κ3) is 3.38. The van der Waals surface area contributed by atoms with E-state index >= 15 is 0 Å². The molecule has 0 bridgehead atoms. The fourth-order valence-corrected chi connectivity index (χ4v) is 3.46. The lowest BCUT2D eigenvalue weighted by atomic mass is 9.98. The van der Waals surface area contributed by atoms with E-state index in [1.54, 1.807) is 0 Å². The van der Waals surface area contributed by atoms with Gasteiger partial charge in [-0.25, -0.2) is 0 Å². The van der Waals surface area contributed by atoms with Crippen LogP contribution in [0, 0.1) is 5.92 Å². The van der Waals surface area contributed by atoms with Gasteiger partial charge in [0.25, 0.3) is 0 Å². The molecule has 2 fully saturated rings. The summed E-state index contributed by atoms with van der Waals surface area (Å²) < 4.78 is 5.43. The van der Waals surface area contributed by atoms with E-state index in [1.165, 1.54) is 0 Å². The van der Waals surface area contributed by atoms with E-state index in [0.29, 0.717) is 13.0 Å². The number of benzene rings is 1. The topological polar surface area (TPSA) is 46.6 Å². The van der Waals surface area contributed by atoms with Crippen molar-refractivity contribution in [1.82, 2.24) is 4.90 Å². The molecule has 2 aliphatic heterocycles. The van der Waals surface area contributed by atoms with Gasteiger partial charge in [-0.15, -0.1) is 0 Å². The molecular weight excluding hydrogens is 278 g/mol. The van der Waals surface area contributed by atoms with Crippen molar-refractivity contribution in [3.05, 3.63) is 35.9 Å². The lowest BCUT2D eigenvalue weighted by Crippen LogP contribution is -2.43. The Hall–Kier alpha value is -1.68. The Morgan fingerprint density at radius 3 is 2.68 bits per heavy atom. The van der Waals surface area contributed by atoms with Crippen molar-refractivity contribution in [1.29, 1.82) is 0 Å². The minimum atomic E-state index is -0.0128. The van der Waals surface area contributed by atoms with Crippen LogP contribution in [0.25, 0.3) is 0 Å². The number of hydrogen-bond acceptors (Lipinski definition) is 3. The largest absolute Gasteiger partial charge is 0.381 e. The number of likely N-dealkylation sites (tertiary alicyclic amines) is 1. The van der Waals surface area contributed by atoms with Crippen LogP contribution in [-0.2, 0) is 9.53 Å². The van der Waals surface area contributed by atoms with Crippen LogP contribution in [0.1, 0.15) is 42.5 Å². The molecule has 0 spiro atoms. The Bertz CT molecular complexity index is 522. The number of carbonyl (C=O) groups excluding carboxylic acids is 2. The zero-order valence-electron chi connectivity index (χ0n) is 12.9. The quantitative estimate of drug-likeness (QED) is 0.803. The summed E-state index contributed by atoms with van der Waals surface area (Å²) in [5, 5.41) is 0. The molecule has 1 aromatic rings. The van der Waals surface area contributed by atoms with Crippen molar-refractivity contribution < 1.29 is 14.3 Å². The van der Waals surface area contributed by atoms with Crippen molar-refractivity contribution in [2.45, 2.75) is 38.1 Å². The first kappa shape index (κ1) is 15.2. The maximum atomic E-state index is 12.7. The summed E-state index contributed by atoms with van der Waals surface area (Å²) in [4.78, 5) is 27.0. The second-order valence-electron chi connectivity index (χ2n) is 6.24. The lowest BCUT2D eigenvalue weighted by molar-refractivity contribution is -0.140. The Labute approximate surface area is 131 Å². The standard InChI is InChI=1S/C18H23NO3/c20-17(14-6-2-1-3-7-14)12-16-9-4-10-19(16)18(21)15-8-5-11-22-13-15/h1-3,6-7,15-16H,4-5,8-13H2. The van der Waals surface area contributed by atoms with Gasteiger partial charge >= 0.3 is 0 Å². The summed E-state index contributed by atoms with van der Waals surface area (Å²) in [5.74, 6) is 0.300. The van der Waals surface area contributed by atoms with Gasteiger partial charge in [-0.2, -0.15) is 0 Å². The zero-order valence-corrected chi connectivity index (χ0v) is 12.9. The molecule has 4 heteroatoms. The molecule has 1 amide bonds. The third-order valence-corrected chi connectivity index (χ3v) is 4.69. The van der Waals surface area contributed by atoms with Crippen molar-refractivity contribution in [2.75, 3.05) is 19.8 Å². The van der Waals surface area contributed by atoms with E-state index in [9.17, 15) is 9.59 Å². The Balaban J connectivity index is 1.63. The molecular formula is C18H23NO3. The van der Waals surface area contributed by atoms with Gasteiger partial charge in [0.15, 0.2) is 5.78 Å². The van der Waals surface area contributed by atoms with Crippen molar-refractivity contribution >= 4 is 11.7 Å². The molecule has 4 nitrogen and oxygen atoms in total. The van der Waals surface area contributed by atoms with Gasteiger partial charge in [-0.1, -0.05) is 30.3 Å². The maximum absolute atomic E-state index is 12.7. The van der Waals surface area contributed by atoms with Crippen LogP contribution in [-0.4, -0.2) is 42.4 Å². The minimum absolute atomic E-state index is 0.0128. The van der Waals surface area contributed by atoms with E-state index < -0.39 is 0 Å². The molecule has 2 aliphatic rings. The summed E-state index contributed by atoms with van der Waals surface area (Å²) >= 11 is 0. The van der Waals surface area contributed by atoms with Gasteiger partial charge in [-0.05, 0) is 25.7 Å². The average molecular weight is 301 g/mol. The van der Waals surface area contributed by atoms with Crippen LogP contribution in [0.15, 0.2) is 30.3 Å². The molecule has 3 rings (SSSR count). The van der Waals surface area contributed by atoms with E-state index in [-0.39, 0.29) is 23.7 Å². The maximum Gasteiger partial charge on any atom is 0.228 e. The SMILES string of the molecule is O=C(CC1CCCN1C(=O)C1CCCOC1)c1ccccc1.